The number of methoxy groups -OCH3 is 1. The lowest BCUT2D eigenvalue weighted by atomic mass is 9.83. The van der Waals surface area contributed by atoms with Crippen LogP contribution in [0.2, 0.25) is 0 Å². The Morgan fingerprint density at radius 2 is 1.76 bits per heavy atom. The molecule has 1 amide bonds. The standard InChI is InChI=1S/C24H27NO4/c1-16(2)29-24(27)23-17(3)25(15-18-10-12-20(28-4)13-11-18)22(26)14-21(23)19-8-6-5-7-9-19/h5-13,16,21H,14-15H2,1-4H3. The molecule has 3 rings (SSSR count). The minimum absolute atomic E-state index is 0.00623. The van der Waals surface area contributed by atoms with Gasteiger partial charge in [-0.05, 0) is 44.0 Å². The van der Waals surface area contributed by atoms with Crippen molar-refractivity contribution < 1.29 is 19.1 Å². The molecule has 0 radical (unpaired) electrons. The van der Waals surface area contributed by atoms with Crippen LogP contribution in [-0.4, -0.2) is 30.0 Å². The Morgan fingerprint density at radius 1 is 1.10 bits per heavy atom. The van der Waals surface area contributed by atoms with E-state index in [4.69, 9.17) is 9.47 Å². The highest BCUT2D eigenvalue weighted by atomic mass is 16.5. The molecule has 1 heterocycles. The highest BCUT2D eigenvalue weighted by Gasteiger charge is 2.37. The van der Waals surface area contributed by atoms with Crippen molar-refractivity contribution in [1.82, 2.24) is 4.90 Å². The minimum atomic E-state index is -0.362. The van der Waals surface area contributed by atoms with E-state index in [9.17, 15) is 9.59 Å². The molecule has 152 valence electrons. The zero-order chi connectivity index (χ0) is 21.0. The molecule has 2 aromatic carbocycles. The summed E-state index contributed by atoms with van der Waals surface area (Å²) < 4.78 is 10.7. The maximum Gasteiger partial charge on any atom is 0.336 e. The third-order valence-electron chi connectivity index (χ3n) is 5.09. The lowest BCUT2D eigenvalue weighted by Gasteiger charge is -2.34. The number of hydrogen-bond acceptors (Lipinski definition) is 4. The summed E-state index contributed by atoms with van der Waals surface area (Å²) in [6, 6.07) is 17.2. The molecule has 5 nitrogen and oxygen atoms in total. The molecule has 1 aliphatic heterocycles. The second-order valence-electron chi connectivity index (χ2n) is 7.45. The van der Waals surface area contributed by atoms with Crippen LogP contribution < -0.4 is 4.74 Å². The van der Waals surface area contributed by atoms with Gasteiger partial charge in [0.25, 0.3) is 0 Å². The maximum absolute atomic E-state index is 13.0. The first-order valence-electron chi connectivity index (χ1n) is 9.80. The Bertz CT molecular complexity index is 900. The fourth-order valence-electron chi connectivity index (χ4n) is 3.63. The van der Waals surface area contributed by atoms with Gasteiger partial charge < -0.3 is 14.4 Å². The molecule has 0 saturated carbocycles. The van der Waals surface area contributed by atoms with Crippen LogP contribution in [-0.2, 0) is 20.9 Å². The van der Waals surface area contributed by atoms with Crippen molar-refractivity contribution in [2.75, 3.05) is 7.11 Å². The molecule has 0 fully saturated rings. The smallest absolute Gasteiger partial charge is 0.336 e. The summed E-state index contributed by atoms with van der Waals surface area (Å²) in [4.78, 5) is 27.7. The Balaban J connectivity index is 1.98. The molecule has 0 spiro atoms. The zero-order valence-electron chi connectivity index (χ0n) is 17.3. The average Bonchev–Trinajstić information content (AvgIpc) is 2.71. The van der Waals surface area contributed by atoms with Crippen molar-refractivity contribution in [2.45, 2.75) is 45.8 Å². The summed E-state index contributed by atoms with van der Waals surface area (Å²) in [6.45, 7) is 5.88. The molecule has 0 bridgehead atoms. The van der Waals surface area contributed by atoms with Crippen molar-refractivity contribution in [1.29, 1.82) is 0 Å². The van der Waals surface area contributed by atoms with Gasteiger partial charge in [-0.1, -0.05) is 42.5 Å². The molecular formula is C24H27NO4. The van der Waals surface area contributed by atoms with E-state index in [0.717, 1.165) is 16.9 Å². The van der Waals surface area contributed by atoms with Gasteiger partial charge in [0.05, 0.1) is 25.3 Å². The molecule has 5 heteroatoms. The van der Waals surface area contributed by atoms with Gasteiger partial charge in [-0.3, -0.25) is 4.79 Å². The van der Waals surface area contributed by atoms with Gasteiger partial charge in [-0.15, -0.1) is 0 Å². The lowest BCUT2D eigenvalue weighted by molar-refractivity contribution is -0.143. The number of nitrogens with zero attached hydrogens (tertiary/aromatic N) is 1. The summed E-state index contributed by atoms with van der Waals surface area (Å²) >= 11 is 0. The first kappa shape index (κ1) is 20.6. The van der Waals surface area contributed by atoms with Gasteiger partial charge in [0.1, 0.15) is 5.75 Å². The van der Waals surface area contributed by atoms with E-state index < -0.39 is 0 Å². The first-order chi connectivity index (χ1) is 13.9. The summed E-state index contributed by atoms with van der Waals surface area (Å²) in [5.74, 6) is 0.0882. The number of carbonyl (C=O) groups excluding carboxylic acids is 2. The number of hydrogen-bond donors (Lipinski definition) is 0. The van der Waals surface area contributed by atoms with Gasteiger partial charge >= 0.3 is 5.97 Å². The summed E-state index contributed by atoms with van der Waals surface area (Å²) in [6.07, 6.45) is 0.00642. The lowest BCUT2D eigenvalue weighted by Crippen LogP contribution is -2.38. The number of esters is 1. The number of carbonyl (C=O) groups is 2. The summed E-state index contributed by atoms with van der Waals surface area (Å²) in [5.41, 5.74) is 3.11. The molecule has 1 aliphatic rings. The molecular weight excluding hydrogens is 366 g/mol. The van der Waals surface area contributed by atoms with E-state index in [2.05, 4.69) is 0 Å². The second-order valence-corrected chi connectivity index (χ2v) is 7.45. The van der Waals surface area contributed by atoms with E-state index in [1.165, 1.54) is 0 Å². The van der Waals surface area contributed by atoms with Crippen LogP contribution in [0.1, 0.15) is 44.2 Å². The van der Waals surface area contributed by atoms with Crippen LogP contribution in [0.15, 0.2) is 65.9 Å². The summed E-state index contributed by atoms with van der Waals surface area (Å²) in [7, 11) is 1.62. The van der Waals surface area contributed by atoms with Crippen molar-refractivity contribution in [2.24, 2.45) is 0 Å². The minimum Gasteiger partial charge on any atom is -0.497 e. The Morgan fingerprint density at radius 3 is 2.34 bits per heavy atom. The summed E-state index contributed by atoms with van der Waals surface area (Å²) in [5, 5.41) is 0. The van der Waals surface area contributed by atoms with Crippen molar-refractivity contribution in [3.63, 3.8) is 0 Å². The van der Waals surface area contributed by atoms with Gasteiger partial charge in [0.2, 0.25) is 5.91 Å². The largest absolute Gasteiger partial charge is 0.497 e. The number of benzene rings is 2. The quantitative estimate of drug-likeness (QED) is 0.681. The van der Waals surface area contributed by atoms with Crippen molar-refractivity contribution in [3.8, 4) is 5.75 Å². The van der Waals surface area contributed by atoms with E-state index in [0.29, 0.717) is 17.8 Å². The van der Waals surface area contributed by atoms with E-state index >= 15 is 0 Å². The third-order valence-corrected chi connectivity index (χ3v) is 5.09. The maximum atomic E-state index is 13.0. The predicted octanol–water partition coefficient (Wildman–Crippen LogP) is 4.44. The van der Waals surface area contributed by atoms with E-state index in [1.54, 1.807) is 12.0 Å². The van der Waals surface area contributed by atoms with E-state index in [-0.39, 0.29) is 30.3 Å². The van der Waals surface area contributed by atoms with Crippen molar-refractivity contribution >= 4 is 11.9 Å². The number of allylic oxidation sites excluding steroid dienone is 1. The number of amides is 1. The Kier molecular flexibility index (Phi) is 6.37. The van der Waals surface area contributed by atoms with Crippen LogP contribution in [0.25, 0.3) is 0 Å². The van der Waals surface area contributed by atoms with E-state index in [1.807, 2.05) is 75.4 Å². The molecule has 0 aliphatic carbocycles. The van der Waals surface area contributed by atoms with Gasteiger partial charge in [0, 0.05) is 18.0 Å². The number of rotatable bonds is 6. The van der Waals surface area contributed by atoms with Gasteiger partial charge in [-0.25, -0.2) is 4.79 Å². The average molecular weight is 393 g/mol. The van der Waals surface area contributed by atoms with Gasteiger partial charge in [-0.2, -0.15) is 0 Å². The SMILES string of the molecule is COc1ccc(CN2C(=O)CC(c3ccccc3)C(C(=O)OC(C)C)=C2C)cc1. The Labute approximate surface area is 171 Å². The highest BCUT2D eigenvalue weighted by Crippen LogP contribution is 2.37. The highest BCUT2D eigenvalue weighted by molar-refractivity contribution is 5.96. The predicted molar refractivity (Wildman–Crippen MR) is 111 cm³/mol. The normalized spacial score (nSPS) is 16.9. The molecule has 1 atom stereocenters. The molecule has 29 heavy (non-hydrogen) atoms. The number of ether oxygens (including phenoxy) is 2. The van der Waals surface area contributed by atoms with Crippen LogP contribution in [0.4, 0.5) is 0 Å². The first-order valence-corrected chi connectivity index (χ1v) is 9.80. The zero-order valence-corrected chi connectivity index (χ0v) is 17.3. The molecule has 2 aromatic rings. The Hall–Kier alpha value is -3.08. The van der Waals surface area contributed by atoms with Crippen LogP contribution in [0, 0.1) is 0 Å². The molecule has 0 N–H and O–H groups in total. The topological polar surface area (TPSA) is 55.8 Å². The molecule has 1 unspecified atom stereocenters. The monoisotopic (exact) mass is 393 g/mol. The van der Waals surface area contributed by atoms with Crippen LogP contribution >= 0.6 is 0 Å². The third kappa shape index (κ3) is 4.67. The van der Waals surface area contributed by atoms with Gasteiger partial charge in [0.15, 0.2) is 0 Å². The van der Waals surface area contributed by atoms with Crippen LogP contribution in [0.5, 0.6) is 5.75 Å². The fourth-order valence-corrected chi connectivity index (χ4v) is 3.63. The second kappa shape index (κ2) is 8.95. The molecule has 0 saturated heterocycles. The van der Waals surface area contributed by atoms with Crippen molar-refractivity contribution in [3.05, 3.63) is 77.0 Å². The molecule has 0 aromatic heterocycles. The fraction of sp³-hybridized carbons (Fsp3) is 0.333. The van der Waals surface area contributed by atoms with Crippen LogP contribution in [0.3, 0.4) is 0 Å².